The van der Waals surface area contributed by atoms with E-state index in [-0.39, 0.29) is 11.3 Å². The second kappa shape index (κ2) is 3.66. The molecule has 0 unspecified atom stereocenters. The van der Waals surface area contributed by atoms with Crippen LogP contribution in [0.25, 0.3) is 11.3 Å². The number of aromatic nitrogens is 1. The van der Waals surface area contributed by atoms with E-state index < -0.39 is 11.7 Å². The largest absolute Gasteiger partial charge is 0.417 e. The lowest BCUT2D eigenvalue weighted by atomic mass is 10.0. The SMILES string of the molecule is Cc1ccc(C(F)(F)F)c(-c2ccon2)c1. The predicted octanol–water partition coefficient (Wildman–Crippen LogP) is 3.67. The normalized spacial score (nSPS) is 11.8. The molecule has 1 aromatic heterocycles. The van der Waals surface area contributed by atoms with Crippen LogP contribution in [0.3, 0.4) is 0 Å². The van der Waals surface area contributed by atoms with Gasteiger partial charge in [0, 0.05) is 11.6 Å². The lowest BCUT2D eigenvalue weighted by Gasteiger charge is -2.11. The van der Waals surface area contributed by atoms with Gasteiger partial charge in [-0.05, 0) is 19.1 Å². The predicted molar refractivity (Wildman–Crippen MR) is 51.7 cm³/mol. The number of halogens is 3. The Hall–Kier alpha value is -1.78. The van der Waals surface area contributed by atoms with Crippen molar-refractivity contribution in [1.29, 1.82) is 0 Å². The van der Waals surface area contributed by atoms with Crippen molar-refractivity contribution < 1.29 is 17.7 Å². The van der Waals surface area contributed by atoms with Crippen molar-refractivity contribution in [2.75, 3.05) is 0 Å². The smallest absolute Gasteiger partial charge is 0.364 e. The van der Waals surface area contributed by atoms with Crippen molar-refractivity contribution in [3.8, 4) is 11.3 Å². The molecule has 0 radical (unpaired) electrons. The summed E-state index contributed by atoms with van der Waals surface area (Å²) in [6.45, 7) is 1.73. The van der Waals surface area contributed by atoms with Crippen LogP contribution in [0.4, 0.5) is 13.2 Å². The van der Waals surface area contributed by atoms with Crippen LogP contribution in [0.1, 0.15) is 11.1 Å². The van der Waals surface area contributed by atoms with Gasteiger partial charge in [-0.1, -0.05) is 16.8 Å². The number of rotatable bonds is 1. The molecule has 0 aliphatic heterocycles. The average Bonchev–Trinajstić information content (AvgIpc) is 2.68. The van der Waals surface area contributed by atoms with E-state index in [9.17, 15) is 13.2 Å². The van der Waals surface area contributed by atoms with Gasteiger partial charge >= 0.3 is 6.18 Å². The van der Waals surface area contributed by atoms with Crippen LogP contribution >= 0.6 is 0 Å². The first-order valence-electron chi connectivity index (χ1n) is 4.57. The van der Waals surface area contributed by atoms with E-state index in [1.165, 1.54) is 24.5 Å². The molecule has 0 aliphatic carbocycles. The van der Waals surface area contributed by atoms with Crippen LogP contribution in [0.5, 0.6) is 0 Å². The summed E-state index contributed by atoms with van der Waals surface area (Å²) < 4.78 is 42.7. The topological polar surface area (TPSA) is 26.0 Å². The van der Waals surface area contributed by atoms with Crippen molar-refractivity contribution in [3.63, 3.8) is 0 Å². The van der Waals surface area contributed by atoms with E-state index in [1.54, 1.807) is 6.92 Å². The molecule has 0 spiro atoms. The standard InChI is InChI=1S/C11H8F3NO/c1-7-2-3-9(11(12,13)14)8(6-7)10-4-5-16-15-10/h2-6H,1H3. The van der Waals surface area contributed by atoms with Crippen molar-refractivity contribution in [2.45, 2.75) is 13.1 Å². The number of hydrogen-bond acceptors (Lipinski definition) is 2. The van der Waals surface area contributed by atoms with E-state index in [0.717, 1.165) is 11.6 Å². The molecule has 0 bridgehead atoms. The number of nitrogens with zero attached hydrogens (tertiary/aromatic N) is 1. The number of benzene rings is 1. The monoisotopic (exact) mass is 227 g/mol. The second-order valence-corrected chi connectivity index (χ2v) is 3.43. The third-order valence-corrected chi connectivity index (χ3v) is 2.19. The highest BCUT2D eigenvalue weighted by Gasteiger charge is 2.34. The molecule has 0 N–H and O–H groups in total. The Morgan fingerprint density at radius 3 is 2.50 bits per heavy atom. The molecule has 16 heavy (non-hydrogen) atoms. The molecule has 0 amide bonds. The van der Waals surface area contributed by atoms with Crippen molar-refractivity contribution in [1.82, 2.24) is 5.16 Å². The molecule has 1 heterocycles. The summed E-state index contributed by atoms with van der Waals surface area (Å²) in [5.74, 6) is 0. The van der Waals surface area contributed by atoms with Gasteiger partial charge in [0.1, 0.15) is 12.0 Å². The van der Waals surface area contributed by atoms with Gasteiger partial charge < -0.3 is 4.52 Å². The van der Waals surface area contributed by atoms with Crippen LogP contribution in [-0.4, -0.2) is 5.16 Å². The summed E-state index contributed by atoms with van der Waals surface area (Å²) in [6, 6.07) is 5.33. The van der Waals surface area contributed by atoms with Gasteiger partial charge in [-0.15, -0.1) is 0 Å². The fourth-order valence-corrected chi connectivity index (χ4v) is 1.47. The zero-order valence-electron chi connectivity index (χ0n) is 8.38. The van der Waals surface area contributed by atoms with Crippen LogP contribution in [0, 0.1) is 6.92 Å². The van der Waals surface area contributed by atoms with Crippen LogP contribution < -0.4 is 0 Å². The Labute approximate surface area is 89.7 Å². The Balaban J connectivity index is 2.63. The van der Waals surface area contributed by atoms with E-state index in [2.05, 4.69) is 9.68 Å². The molecule has 2 nitrogen and oxygen atoms in total. The van der Waals surface area contributed by atoms with Crippen LogP contribution in [-0.2, 0) is 6.18 Å². The number of hydrogen-bond donors (Lipinski definition) is 0. The zero-order chi connectivity index (χ0) is 11.8. The van der Waals surface area contributed by atoms with Gasteiger partial charge in [0.25, 0.3) is 0 Å². The third-order valence-electron chi connectivity index (χ3n) is 2.19. The highest BCUT2D eigenvalue weighted by atomic mass is 19.4. The first kappa shape index (κ1) is 10.7. The molecule has 1 aromatic carbocycles. The van der Waals surface area contributed by atoms with Crippen molar-refractivity contribution in [3.05, 3.63) is 41.7 Å². The maximum atomic E-state index is 12.7. The van der Waals surface area contributed by atoms with Crippen molar-refractivity contribution in [2.24, 2.45) is 0 Å². The third kappa shape index (κ3) is 1.93. The lowest BCUT2D eigenvalue weighted by molar-refractivity contribution is -0.137. The van der Waals surface area contributed by atoms with Gasteiger partial charge in [0.05, 0.1) is 5.56 Å². The van der Waals surface area contributed by atoms with E-state index >= 15 is 0 Å². The molecule has 2 rings (SSSR count). The molecular weight excluding hydrogens is 219 g/mol. The highest BCUT2D eigenvalue weighted by Crippen LogP contribution is 2.36. The van der Waals surface area contributed by atoms with E-state index in [1.807, 2.05) is 0 Å². The molecule has 0 saturated carbocycles. The Morgan fingerprint density at radius 1 is 1.19 bits per heavy atom. The minimum absolute atomic E-state index is 0.0428. The molecule has 2 aromatic rings. The van der Waals surface area contributed by atoms with Gasteiger partial charge in [0.2, 0.25) is 0 Å². The summed E-state index contributed by atoms with van der Waals surface area (Å²) in [4.78, 5) is 0. The average molecular weight is 227 g/mol. The fourth-order valence-electron chi connectivity index (χ4n) is 1.47. The molecule has 5 heteroatoms. The molecule has 0 fully saturated rings. The van der Waals surface area contributed by atoms with Crippen molar-refractivity contribution >= 4 is 0 Å². The van der Waals surface area contributed by atoms with Crippen LogP contribution in [0.15, 0.2) is 35.1 Å². The summed E-state index contributed by atoms with van der Waals surface area (Å²) in [6.07, 6.45) is -3.14. The second-order valence-electron chi connectivity index (χ2n) is 3.43. The van der Waals surface area contributed by atoms with E-state index in [4.69, 9.17) is 0 Å². The van der Waals surface area contributed by atoms with E-state index in [0.29, 0.717) is 0 Å². The molecular formula is C11H8F3NO. The summed E-state index contributed by atoms with van der Waals surface area (Å²) in [5, 5.41) is 3.53. The van der Waals surface area contributed by atoms with Gasteiger partial charge in [-0.2, -0.15) is 13.2 Å². The minimum Gasteiger partial charge on any atom is -0.364 e. The maximum Gasteiger partial charge on any atom is 0.417 e. The molecule has 0 saturated heterocycles. The zero-order valence-corrected chi connectivity index (χ0v) is 8.38. The first-order valence-corrected chi connectivity index (χ1v) is 4.57. The molecule has 0 atom stereocenters. The Morgan fingerprint density at radius 2 is 1.94 bits per heavy atom. The van der Waals surface area contributed by atoms with Crippen LogP contribution in [0.2, 0.25) is 0 Å². The van der Waals surface area contributed by atoms with Gasteiger partial charge in [0.15, 0.2) is 0 Å². The maximum absolute atomic E-state index is 12.7. The fraction of sp³-hybridized carbons (Fsp3) is 0.182. The summed E-state index contributed by atoms with van der Waals surface area (Å²) >= 11 is 0. The highest BCUT2D eigenvalue weighted by molar-refractivity contribution is 5.64. The first-order chi connectivity index (χ1) is 7.48. The van der Waals surface area contributed by atoms with Gasteiger partial charge in [-0.25, -0.2) is 0 Å². The summed E-state index contributed by atoms with van der Waals surface area (Å²) in [7, 11) is 0. The molecule has 84 valence electrons. The van der Waals surface area contributed by atoms with Gasteiger partial charge in [-0.3, -0.25) is 0 Å². The summed E-state index contributed by atoms with van der Waals surface area (Å²) in [5.41, 5.74) is 0.273. The number of aryl methyl sites for hydroxylation is 1. The minimum atomic E-state index is -4.39. The number of alkyl halides is 3. The Bertz CT molecular complexity index is 488. The lowest BCUT2D eigenvalue weighted by Crippen LogP contribution is -2.07. The Kier molecular flexibility index (Phi) is 2.46. The quantitative estimate of drug-likeness (QED) is 0.742. The molecule has 0 aliphatic rings.